The molecule has 0 aliphatic carbocycles. The van der Waals surface area contributed by atoms with Crippen molar-refractivity contribution in [2.45, 2.75) is 56.6 Å². The number of piperidine rings is 1. The van der Waals surface area contributed by atoms with Crippen LogP contribution in [-0.2, 0) is 11.8 Å². The van der Waals surface area contributed by atoms with Gasteiger partial charge in [0.15, 0.2) is 5.15 Å². The zero-order valence-electron chi connectivity index (χ0n) is 17.2. The molecule has 3 heterocycles. The first-order valence-corrected chi connectivity index (χ1v) is 10.2. The first kappa shape index (κ1) is 24.5. The van der Waals surface area contributed by atoms with Gasteiger partial charge in [-0.25, -0.2) is 4.79 Å². The van der Waals surface area contributed by atoms with Crippen LogP contribution < -0.4 is 0 Å². The minimum absolute atomic E-state index is 0.0448. The number of likely N-dealkylation sites (tertiary alicyclic amines) is 2. The molecule has 180 valence electrons. The highest BCUT2D eigenvalue weighted by molar-refractivity contribution is 6.32. The van der Waals surface area contributed by atoms with Crippen molar-refractivity contribution in [1.29, 1.82) is 0 Å². The Hall–Kier alpha value is -2.18. The van der Waals surface area contributed by atoms with Crippen LogP contribution in [-0.4, -0.2) is 75.2 Å². The van der Waals surface area contributed by atoms with Crippen molar-refractivity contribution >= 4 is 23.6 Å². The van der Waals surface area contributed by atoms with Gasteiger partial charge in [-0.2, -0.15) is 31.4 Å². The Morgan fingerprint density at radius 1 is 1.06 bits per heavy atom. The molecule has 7 nitrogen and oxygen atoms in total. The molecule has 0 atom stereocenters. The summed E-state index contributed by atoms with van der Waals surface area (Å²) in [5.74, 6) is -0.344. The van der Waals surface area contributed by atoms with E-state index in [-0.39, 0.29) is 42.6 Å². The van der Waals surface area contributed by atoms with Crippen LogP contribution in [0.15, 0.2) is 0 Å². The highest BCUT2D eigenvalue weighted by Gasteiger charge is 2.60. The predicted molar refractivity (Wildman–Crippen MR) is 99.1 cm³/mol. The normalized spacial score (nSPS) is 19.2. The zero-order chi connectivity index (χ0) is 24.1. The molecular formula is C18H21ClF6N4O3. The first-order valence-electron chi connectivity index (χ1n) is 9.77. The summed E-state index contributed by atoms with van der Waals surface area (Å²) >= 11 is 6.11. The maximum absolute atomic E-state index is 13.2. The number of amides is 2. The number of halogens is 7. The van der Waals surface area contributed by atoms with Crippen molar-refractivity contribution < 1.29 is 40.7 Å². The minimum atomic E-state index is -5.78. The van der Waals surface area contributed by atoms with E-state index in [2.05, 4.69) is 9.84 Å². The number of hydrogen-bond donors (Lipinski definition) is 0. The van der Waals surface area contributed by atoms with Crippen LogP contribution in [0.5, 0.6) is 0 Å². The van der Waals surface area contributed by atoms with E-state index in [1.807, 2.05) is 0 Å². The summed E-state index contributed by atoms with van der Waals surface area (Å²) < 4.78 is 81.3. The molecule has 3 rings (SSSR count). The van der Waals surface area contributed by atoms with Crippen LogP contribution in [0.25, 0.3) is 0 Å². The van der Waals surface area contributed by atoms with E-state index in [1.165, 1.54) is 4.68 Å². The van der Waals surface area contributed by atoms with Crippen LogP contribution in [0.1, 0.15) is 41.7 Å². The number of carbonyl (C=O) groups excluding carboxylic acids is 2. The summed E-state index contributed by atoms with van der Waals surface area (Å²) in [5, 5.41) is 4.07. The lowest BCUT2D eigenvalue weighted by molar-refractivity contribution is -0.308. The van der Waals surface area contributed by atoms with Crippen LogP contribution in [0, 0.1) is 6.92 Å². The third-order valence-electron chi connectivity index (χ3n) is 6.11. The molecule has 32 heavy (non-hydrogen) atoms. The fourth-order valence-corrected chi connectivity index (χ4v) is 4.65. The molecule has 2 fully saturated rings. The van der Waals surface area contributed by atoms with Crippen molar-refractivity contribution in [1.82, 2.24) is 19.6 Å². The van der Waals surface area contributed by atoms with Crippen LogP contribution in [0.2, 0.25) is 5.15 Å². The van der Waals surface area contributed by atoms with Gasteiger partial charge in [0.05, 0.1) is 5.56 Å². The van der Waals surface area contributed by atoms with Gasteiger partial charge in [0.1, 0.15) is 0 Å². The lowest BCUT2D eigenvalue weighted by Gasteiger charge is -2.44. The molecule has 1 aromatic heterocycles. The second-order valence-electron chi connectivity index (χ2n) is 7.99. The van der Waals surface area contributed by atoms with E-state index >= 15 is 0 Å². The zero-order valence-corrected chi connectivity index (χ0v) is 17.9. The largest absolute Gasteiger partial charge is 0.434 e. The lowest BCUT2D eigenvalue weighted by atomic mass is 9.84. The van der Waals surface area contributed by atoms with Gasteiger partial charge in [0.25, 0.3) is 12.0 Å². The average molecular weight is 491 g/mol. The molecule has 0 unspecified atom stereocenters. The first-order chi connectivity index (χ1) is 14.7. The molecule has 1 aromatic rings. The summed E-state index contributed by atoms with van der Waals surface area (Å²) in [5.41, 5.74) is 0.135. The Morgan fingerprint density at radius 2 is 1.62 bits per heavy atom. The van der Waals surface area contributed by atoms with Crippen molar-refractivity contribution in [3.8, 4) is 0 Å². The maximum atomic E-state index is 13.2. The predicted octanol–water partition coefficient (Wildman–Crippen LogP) is 4.08. The third-order valence-corrected chi connectivity index (χ3v) is 6.38. The van der Waals surface area contributed by atoms with Gasteiger partial charge in [0.2, 0.25) is 0 Å². The van der Waals surface area contributed by atoms with Crippen molar-refractivity contribution in [2.24, 2.45) is 7.05 Å². The molecule has 0 radical (unpaired) electrons. The van der Waals surface area contributed by atoms with Crippen LogP contribution in [0.3, 0.4) is 0 Å². The summed E-state index contributed by atoms with van der Waals surface area (Å²) in [4.78, 5) is 27.6. The second-order valence-corrected chi connectivity index (χ2v) is 8.35. The fraction of sp³-hybridized carbons (Fsp3) is 0.722. The number of rotatable bonds is 2. The third kappa shape index (κ3) is 4.48. The summed E-state index contributed by atoms with van der Waals surface area (Å²) in [7, 11) is 1.64. The van der Waals surface area contributed by atoms with Crippen molar-refractivity contribution in [2.75, 3.05) is 19.6 Å². The number of aromatic nitrogens is 2. The standard InChI is InChI=1S/C18H21ClF6N4O3/c1-10-11(12(19)26-27(10)2)13(30)29-7-3-4-16(29)5-8-28(9-6-16)15(31)32-14(17(20,21)22)18(23,24)25/h14H,3-9H2,1-2H3. The number of hydrogen-bond acceptors (Lipinski definition) is 4. The Labute approximate surface area is 184 Å². The Balaban J connectivity index is 1.71. The van der Waals surface area contributed by atoms with E-state index in [1.54, 1.807) is 18.9 Å². The molecule has 2 aliphatic heterocycles. The monoisotopic (exact) mass is 490 g/mol. The van der Waals surface area contributed by atoms with Gasteiger partial charge in [-0.05, 0) is 32.6 Å². The Kier molecular flexibility index (Phi) is 6.35. The smallest absolute Gasteiger partial charge is 0.426 e. The number of nitrogens with zero attached hydrogens (tertiary/aromatic N) is 4. The molecule has 2 amide bonds. The summed E-state index contributed by atoms with van der Waals surface area (Å²) in [6.45, 7) is 1.80. The second kappa shape index (κ2) is 8.31. The number of aryl methyl sites for hydroxylation is 1. The molecule has 14 heteroatoms. The number of alkyl halides is 6. The topological polar surface area (TPSA) is 67.7 Å². The number of carbonyl (C=O) groups is 2. The molecule has 2 aliphatic rings. The lowest BCUT2D eigenvalue weighted by Crippen LogP contribution is -2.56. The van der Waals surface area contributed by atoms with Gasteiger partial charge >= 0.3 is 18.4 Å². The minimum Gasteiger partial charge on any atom is -0.426 e. The molecule has 2 saturated heterocycles. The molecule has 0 aromatic carbocycles. The molecule has 0 bridgehead atoms. The van der Waals surface area contributed by atoms with Gasteiger partial charge in [-0.1, -0.05) is 11.6 Å². The van der Waals surface area contributed by atoms with E-state index in [0.717, 1.165) is 4.90 Å². The van der Waals surface area contributed by atoms with Gasteiger partial charge < -0.3 is 14.5 Å². The SMILES string of the molecule is Cc1c(C(=O)N2CCCC23CCN(C(=O)OC(C(F)(F)F)C(F)(F)F)CC3)c(Cl)nn1C. The average Bonchev–Trinajstić information content (AvgIpc) is 3.18. The van der Waals surface area contributed by atoms with Crippen LogP contribution in [0.4, 0.5) is 31.1 Å². The molecular weight excluding hydrogens is 470 g/mol. The highest BCUT2D eigenvalue weighted by Crippen LogP contribution is 2.41. The van der Waals surface area contributed by atoms with E-state index < -0.39 is 30.1 Å². The molecule has 1 spiro atoms. The fourth-order valence-electron chi connectivity index (χ4n) is 4.32. The van der Waals surface area contributed by atoms with Gasteiger partial charge in [-0.3, -0.25) is 9.48 Å². The van der Waals surface area contributed by atoms with Gasteiger partial charge in [0, 0.05) is 37.9 Å². The quantitative estimate of drug-likeness (QED) is 0.586. The van der Waals surface area contributed by atoms with E-state index in [9.17, 15) is 35.9 Å². The highest BCUT2D eigenvalue weighted by atomic mass is 35.5. The Morgan fingerprint density at radius 3 is 2.09 bits per heavy atom. The number of ether oxygens (including phenoxy) is 1. The van der Waals surface area contributed by atoms with E-state index in [4.69, 9.17) is 11.6 Å². The van der Waals surface area contributed by atoms with E-state index in [0.29, 0.717) is 25.1 Å². The summed E-state index contributed by atoms with van der Waals surface area (Å²) in [6.07, 6.45) is -15.8. The van der Waals surface area contributed by atoms with Gasteiger partial charge in [-0.15, -0.1) is 0 Å². The van der Waals surface area contributed by atoms with Crippen molar-refractivity contribution in [3.63, 3.8) is 0 Å². The molecule has 0 N–H and O–H groups in total. The van der Waals surface area contributed by atoms with Crippen LogP contribution >= 0.6 is 11.6 Å². The molecule has 0 saturated carbocycles. The summed E-state index contributed by atoms with van der Waals surface area (Å²) in [6, 6.07) is 0. The van der Waals surface area contributed by atoms with Crippen molar-refractivity contribution in [3.05, 3.63) is 16.4 Å². The Bertz CT molecular complexity index is 879. The maximum Gasteiger partial charge on any atom is 0.434 e.